The highest BCUT2D eigenvalue weighted by molar-refractivity contribution is 5.45. The highest BCUT2D eigenvalue weighted by Gasteiger charge is 2.32. The Morgan fingerprint density at radius 3 is 2.74 bits per heavy atom. The maximum absolute atomic E-state index is 11.5. The van der Waals surface area contributed by atoms with Gasteiger partial charge in [-0.2, -0.15) is 0 Å². The van der Waals surface area contributed by atoms with Crippen LogP contribution in [0.15, 0.2) is 42.6 Å². The lowest BCUT2D eigenvalue weighted by atomic mass is 9.99. The summed E-state index contributed by atoms with van der Waals surface area (Å²) in [6.45, 7) is 7.24. The first-order chi connectivity index (χ1) is 11.1. The minimum atomic E-state index is -0.263. The van der Waals surface area contributed by atoms with Crippen LogP contribution in [0.4, 0.5) is 5.69 Å². The van der Waals surface area contributed by atoms with E-state index in [0.29, 0.717) is 5.92 Å². The fraction of sp³-hybridized carbons (Fsp3) is 0.444. The monoisotopic (exact) mass is 313 g/mol. The average molecular weight is 313 g/mol. The third-order valence-electron chi connectivity index (χ3n) is 4.38. The molecule has 0 fully saturated rings. The second-order valence-corrected chi connectivity index (χ2v) is 6.59. The van der Waals surface area contributed by atoms with Crippen molar-refractivity contribution in [1.29, 1.82) is 0 Å². The van der Waals surface area contributed by atoms with Gasteiger partial charge in [0, 0.05) is 37.6 Å². The molecular formula is C18H23N3O2. The fourth-order valence-corrected chi connectivity index (χ4v) is 3.55. The summed E-state index contributed by atoms with van der Waals surface area (Å²) in [5.41, 5.74) is 2.15. The van der Waals surface area contributed by atoms with E-state index in [1.807, 2.05) is 18.2 Å². The number of hydrogen-bond donors (Lipinski definition) is 0. The van der Waals surface area contributed by atoms with Gasteiger partial charge in [-0.1, -0.05) is 32.0 Å². The number of aryl methyl sites for hydroxylation is 1. The number of nitro groups is 1. The zero-order chi connectivity index (χ0) is 16.4. The number of hydrogen-bond acceptors (Lipinski definition) is 3. The fourth-order valence-electron chi connectivity index (χ4n) is 3.55. The minimum absolute atomic E-state index is 0.0588. The Balaban J connectivity index is 2.13. The Labute approximate surface area is 136 Å². The number of nitro benzene ring substituents is 1. The molecule has 1 aliphatic rings. The lowest BCUT2D eigenvalue weighted by Gasteiger charge is -2.31. The van der Waals surface area contributed by atoms with Crippen molar-refractivity contribution in [3.8, 4) is 0 Å². The van der Waals surface area contributed by atoms with Gasteiger partial charge in [-0.15, -0.1) is 0 Å². The lowest BCUT2D eigenvalue weighted by Crippen LogP contribution is -2.33. The molecule has 0 N–H and O–H groups in total. The van der Waals surface area contributed by atoms with Crippen molar-refractivity contribution < 1.29 is 4.92 Å². The number of fused-ring (bicyclic) bond motifs is 1. The van der Waals surface area contributed by atoms with Gasteiger partial charge in [-0.05, 0) is 24.5 Å². The predicted molar refractivity (Wildman–Crippen MR) is 90.4 cm³/mol. The van der Waals surface area contributed by atoms with Crippen LogP contribution >= 0.6 is 0 Å². The SMILES string of the molecule is CC(C)CN1CCCn2cccc2C1c1ccccc1[N+](=O)[O-]. The molecule has 0 amide bonds. The van der Waals surface area contributed by atoms with Crippen molar-refractivity contribution in [3.63, 3.8) is 0 Å². The summed E-state index contributed by atoms with van der Waals surface area (Å²) in [7, 11) is 0. The molecule has 0 aliphatic carbocycles. The van der Waals surface area contributed by atoms with Crippen molar-refractivity contribution in [1.82, 2.24) is 9.47 Å². The molecule has 0 spiro atoms. The Morgan fingerprint density at radius 1 is 1.22 bits per heavy atom. The Kier molecular flexibility index (Phi) is 4.48. The van der Waals surface area contributed by atoms with Crippen LogP contribution in [0.25, 0.3) is 0 Å². The van der Waals surface area contributed by atoms with Crippen molar-refractivity contribution in [2.75, 3.05) is 13.1 Å². The number of nitrogens with zero attached hydrogens (tertiary/aromatic N) is 3. The summed E-state index contributed by atoms with van der Waals surface area (Å²) >= 11 is 0. The van der Waals surface area contributed by atoms with Gasteiger partial charge in [-0.25, -0.2) is 0 Å². The van der Waals surface area contributed by atoms with Crippen LogP contribution in [0.1, 0.15) is 37.6 Å². The summed E-state index contributed by atoms with van der Waals surface area (Å²) in [6.07, 6.45) is 3.14. The van der Waals surface area contributed by atoms with Crippen LogP contribution < -0.4 is 0 Å². The maximum atomic E-state index is 11.5. The molecule has 5 nitrogen and oxygen atoms in total. The first kappa shape index (κ1) is 15.7. The van der Waals surface area contributed by atoms with Crippen LogP contribution in [0.2, 0.25) is 0 Å². The van der Waals surface area contributed by atoms with Crippen LogP contribution in [0, 0.1) is 16.0 Å². The molecule has 2 aromatic rings. The maximum Gasteiger partial charge on any atom is 0.274 e. The molecule has 1 atom stereocenters. The van der Waals surface area contributed by atoms with E-state index >= 15 is 0 Å². The van der Waals surface area contributed by atoms with E-state index in [9.17, 15) is 10.1 Å². The van der Waals surface area contributed by atoms with Crippen molar-refractivity contribution >= 4 is 5.69 Å². The summed E-state index contributed by atoms with van der Waals surface area (Å²) < 4.78 is 2.24. The molecule has 1 unspecified atom stereocenters. The van der Waals surface area contributed by atoms with Gasteiger partial charge in [0.05, 0.1) is 16.5 Å². The van der Waals surface area contributed by atoms with Crippen LogP contribution in [-0.2, 0) is 6.54 Å². The van der Waals surface area contributed by atoms with Gasteiger partial charge in [0.1, 0.15) is 0 Å². The number of rotatable bonds is 4. The normalized spacial score (nSPS) is 18.7. The van der Waals surface area contributed by atoms with E-state index in [1.54, 1.807) is 12.1 Å². The summed E-state index contributed by atoms with van der Waals surface area (Å²) in [6, 6.07) is 11.2. The second kappa shape index (κ2) is 6.54. The smallest absolute Gasteiger partial charge is 0.274 e. The van der Waals surface area contributed by atoms with Gasteiger partial charge < -0.3 is 4.57 Å². The van der Waals surface area contributed by atoms with E-state index in [1.165, 1.54) is 0 Å². The van der Waals surface area contributed by atoms with Crippen molar-refractivity contribution in [3.05, 3.63) is 64.0 Å². The van der Waals surface area contributed by atoms with Gasteiger partial charge in [0.25, 0.3) is 5.69 Å². The third kappa shape index (κ3) is 3.15. The second-order valence-electron chi connectivity index (χ2n) is 6.59. The lowest BCUT2D eigenvalue weighted by molar-refractivity contribution is -0.385. The van der Waals surface area contributed by atoms with E-state index in [4.69, 9.17) is 0 Å². The minimum Gasteiger partial charge on any atom is -0.350 e. The molecule has 1 aromatic heterocycles. The first-order valence-corrected chi connectivity index (χ1v) is 8.20. The molecule has 5 heteroatoms. The van der Waals surface area contributed by atoms with E-state index in [2.05, 4.69) is 35.6 Å². The quantitative estimate of drug-likeness (QED) is 0.636. The first-order valence-electron chi connectivity index (χ1n) is 8.20. The molecule has 0 bridgehead atoms. The summed E-state index contributed by atoms with van der Waals surface area (Å²) in [5.74, 6) is 0.516. The highest BCUT2D eigenvalue weighted by Crippen LogP contribution is 2.36. The number of benzene rings is 1. The van der Waals surface area contributed by atoms with Gasteiger partial charge in [0.2, 0.25) is 0 Å². The predicted octanol–water partition coefficient (Wildman–Crippen LogP) is 3.85. The molecule has 0 saturated carbocycles. The van der Waals surface area contributed by atoms with Crippen LogP contribution in [0.5, 0.6) is 0 Å². The summed E-state index contributed by atoms with van der Waals surface area (Å²) in [4.78, 5) is 13.6. The molecule has 1 aliphatic heterocycles. The molecule has 23 heavy (non-hydrogen) atoms. The Hall–Kier alpha value is -2.14. The van der Waals surface area contributed by atoms with E-state index < -0.39 is 0 Å². The third-order valence-corrected chi connectivity index (χ3v) is 4.38. The Morgan fingerprint density at radius 2 is 2.00 bits per heavy atom. The molecule has 1 aromatic carbocycles. The van der Waals surface area contributed by atoms with E-state index in [-0.39, 0.29) is 16.7 Å². The van der Waals surface area contributed by atoms with Crippen molar-refractivity contribution in [2.24, 2.45) is 5.92 Å². The van der Waals surface area contributed by atoms with E-state index in [0.717, 1.165) is 37.3 Å². The van der Waals surface area contributed by atoms with Gasteiger partial charge >= 0.3 is 0 Å². The number of aromatic nitrogens is 1. The molecule has 122 valence electrons. The highest BCUT2D eigenvalue weighted by atomic mass is 16.6. The topological polar surface area (TPSA) is 51.3 Å². The molecule has 0 radical (unpaired) electrons. The number of para-hydroxylation sites is 1. The Bertz CT molecular complexity index is 693. The van der Waals surface area contributed by atoms with Gasteiger partial charge in [-0.3, -0.25) is 15.0 Å². The molecule has 0 saturated heterocycles. The average Bonchev–Trinajstić information content (AvgIpc) is 2.89. The molecule has 2 heterocycles. The van der Waals surface area contributed by atoms with Gasteiger partial charge in [0.15, 0.2) is 0 Å². The largest absolute Gasteiger partial charge is 0.350 e. The van der Waals surface area contributed by atoms with Crippen LogP contribution in [-0.4, -0.2) is 27.5 Å². The molecule has 3 rings (SSSR count). The van der Waals surface area contributed by atoms with Crippen molar-refractivity contribution in [2.45, 2.75) is 32.9 Å². The summed E-state index contributed by atoms with van der Waals surface area (Å²) in [5, 5.41) is 11.5. The molecular weight excluding hydrogens is 290 g/mol. The van der Waals surface area contributed by atoms with Crippen LogP contribution in [0.3, 0.4) is 0 Å². The standard InChI is InChI=1S/C18H23N3O2/c1-14(2)13-20-12-6-11-19-10-5-9-17(19)18(20)15-7-3-4-8-16(15)21(22)23/h3-5,7-10,14,18H,6,11-13H2,1-2H3. The zero-order valence-corrected chi connectivity index (χ0v) is 13.7. The zero-order valence-electron chi connectivity index (χ0n) is 13.7.